The minimum absolute atomic E-state index is 0.187. The molecule has 1 fully saturated rings. The molecule has 0 saturated carbocycles. The summed E-state index contributed by atoms with van der Waals surface area (Å²) in [5, 5.41) is 54.0. The molecule has 1 heterocycles. The number of rotatable bonds is 35. The Kier molecular flexibility index (Phi) is 32.0. The summed E-state index contributed by atoms with van der Waals surface area (Å²) in [6.07, 6.45) is 32.1. The lowest BCUT2D eigenvalue weighted by Gasteiger charge is -2.40. The third-order valence-electron chi connectivity index (χ3n) is 10.3. The molecule has 1 rings (SSSR count). The van der Waals surface area contributed by atoms with Crippen LogP contribution in [-0.2, 0) is 14.3 Å². The average Bonchev–Trinajstić information content (AvgIpc) is 3.14. The van der Waals surface area contributed by atoms with Crippen LogP contribution in [0.15, 0.2) is 24.3 Å². The minimum Gasteiger partial charge on any atom is -0.394 e. The first-order chi connectivity index (χ1) is 25.3. The van der Waals surface area contributed by atoms with Crippen LogP contribution in [0.1, 0.15) is 187 Å². The van der Waals surface area contributed by atoms with Crippen molar-refractivity contribution in [3.63, 3.8) is 0 Å². The Morgan fingerprint density at radius 1 is 0.635 bits per heavy atom. The molecule has 0 radical (unpaired) electrons. The molecule has 1 saturated heterocycles. The number of hydrogen-bond acceptors (Lipinski definition) is 8. The van der Waals surface area contributed by atoms with Crippen LogP contribution in [-0.4, -0.2) is 87.5 Å². The van der Waals surface area contributed by atoms with E-state index in [1.54, 1.807) is 6.08 Å². The van der Waals surface area contributed by atoms with Crippen molar-refractivity contribution < 1.29 is 39.8 Å². The highest BCUT2D eigenvalue weighted by Gasteiger charge is 2.44. The van der Waals surface area contributed by atoms with Gasteiger partial charge in [-0.15, -0.1) is 0 Å². The zero-order valence-electron chi connectivity index (χ0n) is 33.3. The van der Waals surface area contributed by atoms with E-state index in [1.807, 2.05) is 6.08 Å². The first-order valence-electron chi connectivity index (χ1n) is 21.6. The van der Waals surface area contributed by atoms with Gasteiger partial charge in [-0.05, 0) is 44.9 Å². The lowest BCUT2D eigenvalue weighted by atomic mass is 9.99. The van der Waals surface area contributed by atoms with Crippen molar-refractivity contribution in [2.75, 3.05) is 13.2 Å². The molecule has 1 aliphatic heterocycles. The monoisotopic (exact) mass is 740 g/mol. The molecular formula is C43H81NO8. The molecule has 9 heteroatoms. The number of aliphatic hydroxyl groups is 5. The van der Waals surface area contributed by atoms with Crippen LogP contribution in [0.2, 0.25) is 0 Å². The topological polar surface area (TPSA) is 149 Å². The van der Waals surface area contributed by atoms with Gasteiger partial charge in [-0.2, -0.15) is 0 Å². The predicted octanol–water partition coefficient (Wildman–Crippen LogP) is 8.33. The molecule has 0 bridgehead atoms. The number of unbranched alkanes of at least 4 members (excludes halogenated alkanes) is 23. The van der Waals surface area contributed by atoms with Crippen molar-refractivity contribution in [2.24, 2.45) is 0 Å². The fourth-order valence-electron chi connectivity index (χ4n) is 6.74. The van der Waals surface area contributed by atoms with Crippen molar-refractivity contribution in [1.29, 1.82) is 0 Å². The molecule has 0 aliphatic carbocycles. The molecule has 1 aliphatic rings. The molecular weight excluding hydrogens is 658 g/mol. The van der Waals surface area contributed by atoms with Gasteiger partial charge in [0.15, 0.2) is 6.29 Å². The molecule has 0 aromatic rings. The number of carbonyl (C=O) groups excluding carboxylic acids is 1. The minimum atomic E-state index is -1.56. The number of amides is 1. The first-order valence-corrected chi connectivity index (χ1v) is 21.6. The van der Waals surface area contributed by atoms with E-state index in [-0.39, 0.29) is 12.5 Å². The third kappa shape index (κ3) is 24.9. The molecule has 1 amide bonds. The van der Waals surface area contributed by atoms with E-state index in [0.717, 1.165) is 57.8 Å². The Morgan fingerprint density at radius 3 is 1.56 bits per heavy atom. The number of nitrogens with one attached hydrogen (secondary N) is 1. The molecule has 0 aromatic carbocycles. The van der Waals surface area contributed by atoms with Gasteiger partial charge in [0, 0.05) is 6.42 Å². The van der Waals surface area contributed by atoms with E-state index in [0.29, 0.717) is 6.42 Å². The van der Waals surface area contributed by atoms with E-state index >= 15 is 0 Å². The summed E-state index contributed by atoms with van der Waals surface area (Å²) in [6, 6.07) is -0.804. The second kappa shape index (κ2) is 34.2. The molecule has 9 nitrogen and oxygen atoms in total. The molecule has 7 atom stereocenters. The van der Waals surface area contributed by atoms with Gasteiger partial charge < -0.3 is 40.3 Å². The van der Waals surface area contributed by atoms with Crippen LogP contribution in [0.4, 0.5) is 0 Å². The number of hydrogen-bond donors (Lipinski definition) is 6. The van der Waals surface area contributed by atoms with E-state index in [4.69, 9.17) is 9.47 Å². The van der Waals surface area contributed by atoms with Gasteiger partial charge >= 0.3 is 0 Å². The molecule has 52 heavy (non-hydrogen) atoms. The Hall–Kier alpha value is -1.33. The summed E-state index contributed by atoms with van der Waals surface area (Å²) in [5.41, 5.74) is 0. The quantitative estimate of drug-likeness (QED) is 0.0281. The SMILES string of the molecule is CCCCCCCCC/C=C\CCCCCCCC(=O)NC(COC1OC(CO)C(O)C(O)C1O)C(O)/C=C/CCCCCCCCCCCCC. The average molecular weight is 740 g/mol. The standard InChI is InChI=1S/C43H81NO8/c1-3-5-7-9-11-13-15-17-18-19-21-23-25-27-29-31-33-39(47)44-36(35-51-43-42(50)41(49)40(48)38(34-45)52-43)37(46)32-30-28-26-24-22-20-16-14-12-10-8-6-4-2/h18-19,30,32,36-38,40-43,45-46,48-50H,3-17,20-29,31,33-35H2,1-2H3,(H,44,47)/b19-18-,32-30+. The van der Waals surface area contributed by atoms with Crippen molar-refractivity contribution in [3.8, 4) is 0 Å². The van der Waals surface area contributed by atoms with Crippen LogP contribution in [0.25, 0.3) is 0 Å². The van der Waals surface area contributed by atoms with Crippen LogP contribution in [0, 0.1) is 0 Å². The van der Waals surface area contributed by atoms with Gasteiger partial charge in [-0.25, -0.2) is 0 Å². The molecule has 6 N–H and O–H groups in total. The second-order valence-electron chi connectivity index (χ2n) is 15.1. The van der Waals surface area contributed by atoms with Gasteiger partial charge in [0.25, 0.3) is 0 Å². The molecule has 0 spiro atoms. The van der Waals surface area contributed by atoms with Crippen molar-refractivity contribution in [2.45, 2.75) is 230 Å². The number of carbonyl (C=O) groups is 1. The second-order valence-corrected chi connectivity index (χ2v) is 15.1. The van der Waals surface area contributed by atoms with Gasteiger partial charge in [-0.1, -0.05) is 160 Å². The van der Waals surface area contributed by atoms with Gasteiger partial charge in [0.1, 0.15) is 24.4 Å². The van der Waals surface area contributed by atoms with E-state index in [2.05, 4.69) is 31.3 Å². The predicted molar refractivity (Wildman–Crippen MR) is 212 cm³/mol. The van der Waals surface area contributed by atoms with Crippen LogP contribution < -0.4 is 5.32 Å². The van der Waals surface area contributed by atoms with E-state index in [1.165, 1.54) is 109 Å². The molecule has 306 valence electrons. The Balaban J connectivity index is 2.40. The fraction of sp³-hybridized carbons (Fsp3) is 0.884. The van der Waals surface area contributed by atoms with Crippen molar-refractivity contribution >= 4 is 5.91 Å². The lowest BCUT2D eigenvalue weighted by molar-refractivity contribution is -0.302. The maximum Gasteiger partial charge on any atom is 0.220 e. The van der Waals surface area contributed by atoms with Crippen LogP contribution >= 0.6 is 0 Å². The first kappa shape index (κ1) is 48.7. The maximum absolute atomic E-state index is 12.9. The highest BCUT2D eigenvalue weighted by Crippen LogP contribution is 2.22. The summed E-state index contributed by atoms with van der Waals surface area (Å²) in [5.74, 6) is -0.187. The largest absolute Gasteiger partial charge is 0.394 e. The number of allylic oxidation sites excluding steroid dienone is 3. The summed E-state index contributed by atoms with van der Waals surface area (Å²) in [4.78, 5) is 12.9. The third-order valence-corrected chi connectivity index (χ3v) is 10.3. The number of ether oxygens (including phenoxy) is 2. The lowest BCUT2D eigenvalue weighted by Crippen LogP contribution is -2.60. The summed E-state index contributed by atoms with van der Waals surface area (Å²) < 4.78 is 11.2. The summed E-state index contributed by atoms with van der Waals surface area (Å²) >= 11 is 0. The van der Waals surface area contributed by atoms with Crippen LogP contribution in [0.5, 0.6) is 0 Å². The van der Waals surface area contributed by atoms with Gasteiger partial charge in [-0.3, -0.25) is 4.79 Å². The Morgan fingerprint density at radius 2 is 1.08 bits per heavy atom. The Bertz CT molecular complexity index is 868. The maximum atomic E-state index is 12.9. The summed E-state index contributed by atoms with van der Waals surface area (Å²) in [7, 11) is 0. The van der Waals surface area contributed by atoms with E-state index in [9.17, 15) is 30.3 Å². The van der Waals surface area contributed by atoms with E-state index < -0.39 is 49.5 Å². The highest BCUT2D eigenvalue weighted by atomic mass is 16.7. The summed E-state index contributed by atoms with van der Waals surface area (Å²) in [6.45, 7) is 3.75. The smallest absolute Gasteiger partial charge is 0.220 e. The van der Waals surface area contributed by atoms with Gasteiger partial charge in [0.05, 0.1) is 25.4 Å². The number of aliphatic hydroxyl groups excluding tert-OH is 5. The highest BCUT2D eigenvalue weighted by molar-refractivity contribution is 5.76. The normalized spacial score (nSPS) is 22.0. The molecule has 0 aromatic heterocycles. The Labute approximate surface area is 318 Å². The van der Waals surface area contributed by atoms with Crippen LogP contribution in [0.3, 0.4) is 0 Å². The zero-order valence-corrected chi connectivity index (χ0v) is 33.3. The van der Waals surface area contributed by atoms with Gasteiger partial charge in [0.2, 0.25) is 5.91 Å². The molecule has 7 unspecified atom stereocenters. The zero-order chi connectivity index (χ0) is 38.1. The van der Waals surface area contributed by atoms with Crippen molar-refractivity contribution in [1.82, 2.24) is 5.32 Å². The van der Waals surface area contributed by atoms with Crippen molar-refractivity contribution in [3.05, 3.63) is 24.3 Å². The fourth-order valence-corrected chi connectivity index (χ4v) is 6.74.